The predicted molar refractivity (Wildman–Crippen MR) is 201 cm³/mol. The number of nitrogens with two attached hydrogens (primary N) is 1. The van der Waals surface area contributed by atoms with Crippen molar-refractivity contribution in [3.05, 3.63) is 48.6 Å². The Hall–Kier alpha value is -2.40. The topological polar surface area (TPSA) is 156 Å². The molecule has 0 heterocycles. The highest BCUT2D eigenvalue weighted by Crippen LogP contribution is 2.22. The number of carbonyl (C=O) groups excluding carboxylic acids is 2. The van der Waals surface area contributed by atoms with Crippen molar-refractivity contribution in [1.29, 1.82) is 0 Å². The molecule has 0 amide bonds. The first kappa shape index (κ1) is 46.6. The lowest BCUT2D eigenvalue weighted by Crippen LogP contribution is -2.40. The number of carboxylic acids is 1. The number of hydrogen-bond acceptors (Lipinski definition) is 9. The van der Waals surface area contributed by atoms with Gasteiger partial charge < -0.3 is 30.5 Å². The van der Waals surface area contributed by atoms with Crippen molar-refractivity contribution in [1.82, 2.24) is 0 Å². The SMILES string of the molecule is CCCCC/C=C\C\C=C/C=C/C=C/[C@@H](SC[C@H](N)C(=O)O[C@@H](CO)COC(=O)CCCCCCCCCCCC)[C@@H](O)CCCC(=O)O. The monoisotopic (exact) mass is 709 g/mol. The summed E-state index contributed by atoms with van der Waals surface area (Å²) in [6, 6.07) is -1.04. The molecule has 0 aromatic rings. The Kier molecular flexibility index (Phi) is 32.4. The number of rotatable bonds is 33. The number of aliphatic hydroxyl groups is 2. The predicted octanol–water partition coefficient (Wildman–Crippen LogP) is 7.98. The van der Waals surface area contributed by atoms with Crippen molar-refractivity contribution < 1.29 is 39.2 Å². The number of esters is 2. The Labute approximate surface area is 300 Å². The first-order valence-corrected chi connectivity index (χ1v) is 19.7. The van der Waals surface area contributed by atoms with Crippen LogP contribution in [0.4, 0.5) is 0 Å². The third kappa shape index (κ3) is 30.2. The number of unbranched alkanes of at least 4 members (excludes halogenated alkanes) is 12. The molecule has 4 atom stereocenters. The molecule has 0 aliphatic heterocycles. The van der Waals surface area contributed by atoms with Crippen LogP contribution in [0.2, 0.25) is 0 Å². The van der Waals surface area contributed by atoms with Crippen molar-refractivity contribution in [2.75, 3.05) is 19.0 Å². The largest absolute Gasteiger partial charge is 0.481 e. The van der Waals surface area contributed by atoms with Gasteiger partial charge >= 0.3 is 17.9 Å². The number of carbonyl (C=O) groups is 3. The second-order valence-electron chi connectivity index (χ2n) is 12.5. The lowest BCUT2D eigenvalue weighted by molar-refractivity contribution is -0.162. The van der Waals surface area contributed by atoms with Gasteiger partial charge in [0, 0.05) is 23.8 Å². The van der Waals surface area contributed by atoms with Crippen LogP contribution >= 0.6 is 11.8 Å². The normalized spacial score (nSPS) is 14.6. The quantitative estimate of drug-likeness (QED) is 0.0228. The molecule has 0 aliphatic carbocycles. The molecule has 0 saturated carbocycles. The van der Waals surface area contributed by atoms with Crippen molar-refractivity contribution in [2.45, 2.75) is 159 Å². The molecular weight excluding hydrogens is 642 g/mol. The summed E-state index contributed by atoms with van der Waals surface area (Å²) < 4.78 is 10.5. The summed E-state index contributed by atoms with van der Waals surface area (Å²) >= 11 is 1.26. The number of aliphatic carboxylic acids is 1. The molecule has 0 aromatic heterocycles. The lowest BCUT2D eigenvalue weighted by atomic mass is 10.1. The zero-order valence-electron chi connectivity index (χ0n) is 30.4. The van der Waals surface area contributed by atoms with Gasteiger partial charge in [-0.1, -0.05) is 133 Å². The average molecular weight is 710 g/mol. The van der Waals surface area contributed by atoms with Crippen molar-refractivity contribution in [3.63, 3.8) is 0 Å². The van der Waals surface area contributed by atoms with Gasteiger partial charge in [-0.15, -0.1) is 11.8 Å². The maximum absolute atomic E-state index is 12.6. The molecule has 10 heteroatoms. The fraction of sp³-hybridized carbons (Fsp3) is 0.718. The van der Waals surface area contributed by atoms with E-state index in [2.05, 4.69) is 32.1 Å². The molecule has 9 nitrogen and oxygen atoms in total. The third-order valence-corrected chi connectivity index (χ3v) is 9.28. The first-order valence-electron chi connectivity index (χ1n) is 18.6. The van der Waals surface area contributed by atoms with Gasteiger partial charge in [0.15, 0.2) is 6.10 Å². The minimum absolute atomic E-state index is 0.0475. The van der Waals surface area contributed by atoms with E-state index < -0.39 is 42.0 Å². The standard InChI is InChI=1S/C39H67NO8S/c1-3-5-7-9-11-13-15-16-17-19-21-23-27-36(35(42)26-25-28-37(43)44)49-32-34(40)39(46)48-33(30-41)31-47-38(45)29-24-22-20-18-14-12-10-8-6-4-2/h11,13,16-17,19,21,23,27,33-36,41-42H,3-10,12,14-15,18,20,22,24-26,28-32,40H2,1-2H3,(H,43,44)/b13-11-,17-16-,21-19+,27-23+/t33-,34-,35-,36+/m0/s1. The Morgan fingerprint density at radius 1 is 0.776 bits per heavy atom. The number of ether oxygens (including phenoxy) is 2. The van der Waals surface area contributed by atoms with Gasteiger partial charge in [-0.2, -0.15) is 0 Å². The van der Waals surface area contributed by atoms with Gasteiger partial charge in [-0.25, -0.2) is 0 Å². The Morgan fingerprint density at radius 3 is 2.06 bits per heavy atom. The molecule has 0 bridgehead atoms. The van der Waals surface area contributed by atoms with E-state index in [1.807, 2.05) is 18.2 Å². The molecule has 282 valence electrons. The van der Waals surface area contributed by atoms with E-state index in [1.165, 1.54) is 76.0 Å². The summed E-state index contributed by atoms with van der Waals surface area (Å²) in [5, 5.41) is 29.0. The van der Waals surface area contributed by atoms with Crippen LogP contribution in [-0.4, -0.2) is 75.7 Å². The van der Waals surface area contributed by atoms with Gasteiger partial charge in [0.2, 0.25) is 0 Å². The second-order valence-corrected chi connectivity index (χ2v) is 13.7. The van der Waals surface area contributed by atoms with Crippen LogP contribution < -0.4 is 5.73 Å². The summed E-state index contributed by atoms with van der Waals surface area (Å²) in [6.45, 7) is 3.65. The number of carboxylic acid groups (broad SMARTS) is 1. The minimum atomic E-state index is -1.04. The summed E-state index contributed by atoms with van der Waals surface area (Å²) in [5.74, 6) is -1.94. The molecule has 49 heavy (non-hydrogen) atoms. The average Bonchev–Trinajstić information content (AvgIpc) is 3.08. The van der Waals surface area contributed by atoms with Gasteiger partial charge in [0.05, 0.1) is 12.7 Å². The number of thioether (sulfide) groups is 1. The van der Waals surface area contributed by atoms with Crippen molar-refractivity contribution in [2.24, 2.45) is 5.73 Å². The number of allylic oxidation sites excluding steroid dienone is 7. The van der Waals surface area contributed by atoms with E-state index in [9.17, 15) is 24.6 Å². The minimum Gasteiger partial charge on any atom is -0.481 e. The van der Waals surface area contributed by atoms with Gasteiger partial charge in [0.25, 0.3) is 0 Å². The van der Waals surface area contributed by atoms with E-state index >= 15 is 0 Å². The van der Waals surface area contributed by atoms with Crippen LogP contribution in [0.5, 0.6) is 0 Å². The number of hydrogen-bond donors (Lipinski definition) is 4. The van der Waals surface area contributed by atoms with Gasteiger partial charge in [0.1, 0.15) is 12.6 Å². The molecule has 0 aromatic carbocycles. The molecule has 5 N–H and O–H groups in total. The van der Waals surface area contributed by atoms with Crippen molar-refractivity contribution >= 4 is 29.7 Å². The summed E-state index contributed by atoms with van der Waals surface area (Å²) in [5.41, 5.74) is 6.08. The fourth-order valence-electron chi connectivity index (χ4n) is 4.86. The second kappa shape index (κ2) is 34.1. The summed E-state index contributed by atoms with van der Waals surface area (Å²) in [4.78, 5) is 35.7. The highest BCUT2D eigenvalue weighted by molar-refractivity contribution is 8.00. The molecule has 0 spiro atoms. The van der Waals surface area contributed by atoms with E-state index in [1.54, 1.807) is 12.2 Å². The zero-order chi connectivity index (χ0) is 36.4. The van der Waals surface area contributed by atoms with E-state index in [4.69, 9.17) is 20.3 Å². The molecule has 0 aliphatic rings. The van der Waals surface area contributed by atoms with Crippen LogP contribution in [0.25, 0.3) is 0 Å². The van der Waals surface area contributed by atoms with Crippen LogP contribution in [0, 0.1) is 0 Å². The van der Waals surface area contributed by atoms with Crippen LogP contribution in [0.3, 0.4) is 0 Å². The maximum atomic E-state index is 12.6. The molecule has 0 saturated heterocycles. The first-order chi connectivity index (χ1) is 23.7. The van der Waals surface area contributed by atoms with Crippen molar-refractivity contribution in [3.8, 4) is 0 Å². The van der Waals surface area contributed by atoms with Crippen LogP contribution in [-0.2, 0) is 23.9 Å². The third-order valence-electron chi connectivity index (χ3n) is 7.88. The van der Waals surface area contributed by atoms with Gasteiger partial charge in [-0.3, -0.25) is 14.4 Å². The molecule has 0 fully saturated rings. The summed E-state index contributed by atoms with van der Waals surface area (Å²) in [7, 11) is 0. The van der Waals surface area contributed by atoms with E-state index in [0.717, 1.165) is 32.1 Å². The zero-order valence-corrected chi connectivity index (χ0v) is 31.2. The highest BCUT2D eigenvalue weighted by atomic mass is 32.2. The lowest BCUT2D eigenvalue weighted by Gasteiger charge is -2.22. The Bertz CT molecular complexity index is 951. The Morgan fingerprint density at radius 2 is 1.41 bits per heavy atom. The van der Waals surface area contributed by atoms with E-state index in [-0.39, 0.29) is 37.6 Å². The smallest absolute Gasteiger partial charge is 0.324 e. The fourth-order valence-corrected chi connectivity index (χ4v) is 5.98. The molecule has 0 unspecified atom stereocenters. The van der Waals surface area contributed by atoms with Crippen LogP contribution in [0.1, 0.15) is 136 Å². The highest BCUT2D eigenvalue weighted by Gasteiger charge is 2.24. The summed E-state index contributed by atoms with van der Waals surface area (Å²) in [6.07, 6.45) is 32.0. The van der Waals surface area contributed by atoms with Crippen LogP contribution in [0.15, 0.2) is 48.6 Å². The van der Waals surface area contributed by atoms with Gasteiger partial charge in [-0.05, 0) is 38.5 Å². The Balaban J connectivity index is 4.66. The maximum Gasteiger partial charge on any atom is 0.324 e. The number of aliphatic hydroxyl groups excluding tert-OH is 2. The van der Waals surface area contributed by atoms with E-state index in [0.29, 0.717) is 6.42 Å². The molecule has 0 radical (unpaired) electrons. The molecule has 0 rings (SSSR count). The molecular formula is C39H67NO8S.